The van der Waals surface area contributed by atoms with Crippen LogP contribution in [0.2, 0.25) is 0 Å². The predicted molar refractivity (Wildman–Crippen MR) is 66.0 cm³/mol. The van der Waals surface area contributed by atoms with E-state index in [0.29, 0.717) is 24.1 Å². The normalized spacial score (nSPS) is 17.2. The maximum atomic E-state index is 12.7. The summed E-state index contributed by atoms with van der Waals surface area (Å²) in [5, 5.41) is 2.70. The van der Waals surface area contributed by atoms with E-state index in [0.717, 1.165) is 24.1 Å². The summed E-state index contributed by atoms with van der Waals surface area (Å²) in [7, 11) is 0. The number of halogens is 3. The molecule has 0 atom stereocenters. The average Bonchev–Trinajstić information content (AvgIpc) is 2.50. The third kappa shape index (κ3) is 3.16. The van der Waals surface area contributed by atoms with Crippen molar-refractivity contribution >= 4 is 11.6 Å². The van der Waals surface area contributed by atoms with Gasteiger partial charge in [-0.05, 0) is 43.0 Å². The van der Waals surface area contributed by atoms with Crippen molar-refractivity contribution in [3.05, 3.63) is 41.0 Å². The largest absolute Gasteiger partial charge is 0.416 e. The molecule has 0 radical (unpaired) electrons. The number of hydrogen-bond acceptors (Lipinski definition) is 1. The van der Waals surface area contributed by atoms with Crippen LogP contribution in [0.15, 0.2) is 29.8 Å². The Kier molecular flexibility index (Phi) is 3.64. The summed E-state index contributed by atoms with van der Waals surface area (Å²) in [6, 6.07) is 5.04. The number of nitrogens with one attached hydrogen (secondary N) is 1. The Morgan fingerprint density at radius 1 is 1.21 bits per heavy atom. The fourth-order valence-electron chi connectivity index (χ4n) is 2.12. The van der Waals surface area contributed by atoms with Gasteiger partial charge in [-0.1, -0.05) is 12.1 Å². The lowest BCUT2D eigenvalue weighted by molar-refractivity contribution is -0.137. The number of amides is 1. The Balaban J connectivity index is 2.43. The van der Waals surface area contributed by atoms with Crippen LogP contribution in [0.5, 0.6) is 0 Å². The van der Waals surface area contributed by atoms with Gasteiger partial charge < -0.3 is 5.32 Å². The highest BCUT2D eigenvalue weighted by Crippen LogP contribution is 2.32. The summed E-state index contributed by atoms with van der Waals surface area (Å²) in [6.45, 7) is 1.83. The van der Waals surface area contributed by atoms with E-state index in [4.69, 9.17) is 0 Å². The van der Waals surface area contributed by atoms with Gasteiger partial charge in [0, 0.05) is 12.1 Å². The van der Waals surface area contributed by atoms with Gasteiger partial charge in [0.15, 0.2) is 0 Å². The van der Waals surface area contributed by atoms with E-state index in [1.165, 1.54) is 6.07 Å². The summed E-state index contributed by atoms with van der Waals surface area (Å²) >= 11 is 0. The minimum absolute atomic E-state index is 0.149. The average molecular weight is 269 g/mol. The van der Waals surface area contributed by atoms with Crippen molar-refractivity contribution in [3.8, 4) is 0 Å². The van der Waals surface area contributed by atoms with E-state index in [1.54, 1.807) is 6.07 Å². The maximum absolute atomic E-state index is 12.7. The molecule has 1 aromatic carbocycles. The smallest absolute Gasteiger partial charge is 0.326 e. The molecule has 1 aliphatic heterocycles. The highest BCUT2D eigenvalue weighted by Gasteiger charge is 2.30. The number of alkyl halides is 3. The standard InChI is InChI=1S/C14H14F3NO/c1-9-4-2-7-12(19)18-13(9)10-5-3-6-11(8-10)14(15,16)17/h3,5-6,8H,2,4,7H2,1H3,(H,18,19). The molecule has 102 valence electrons. The molecule has 1 aliphatic rings. The van der Waals surface area contributed by atoms with Gasteiger partial charge in [0.1, 0.15) is 0 Å². The quantitative estimate of drug-likeness (QED) is 0.826. The summed E-state index contributed by atoms with van der Waals surface area (Å²) in [5.74, 6) is -0.149. The van der Waals surface area contributed by atoms with Crippen LogP contribution in [0.25, 0.3) is 5.70 Å². The van der Waals surface area contributed by atoms with Gasteiger partial charge in [-0.3, -0.25) is 4.79 Å². The monoisotopic (exact) mass is 269 g/mol. The maximum Gasteiger partial charge on any atom is 0.416 e. The Labute approximate surface area is 109 Å². The number of carbonyl (C=O) groups excluding carboxylic acids is 1. The third-order valence-corrected chi connectivity index (χ3v) is 3.13. The molecule has 2 rings (SSSR count). The second-order valence-corrected chi connectivity index (χ2v) is 4.64. The van der Waals surface area contributed by atoms with Crippen molar-refractivity contribution in [2.75, 3.05) is 0 Å². The van der Waals surface area contributed by atoms with E-state index < -0.39 is 11.7 Å². The van der Waals surface area contributed by atoms with Crippen molar-refractivity contribution in [2.24, 2.45) is 0 Å². The first kappa shape index (κ1) is 13.6. The third-order valence-electron chi connectivity index (χ3n) is 3.13. The van der Waals surface area contributed by atoms with Gasteiger partial charge in [0.05, 0.1) is 5.56 Å². The number of rotatable bonds is 1. The van der Waals surface area contributed by atoms with E-state index in [2.05, 4.69) is 5.32 Å². The van der Waals surface area contributed by atoms with Crippen LogP contribution < -0.4 is 5.32 Å². The molecule has 0 unspecified atom stereocenters. The summed E-state index contributed by atoms with van der Waals surface area (Å²) in [4.78, 5) is 11.5. The second-order valence-electron chi connectivity index (χ2n) is 4.64. The first-order valence-electron chi connectivity index (χ1n) is 6.05. The molecule has 0 bridgehead atoms. The van der Waals surface area contributed by atoms with Crippen LogP contribution in [0, 0.1) is 0 Å². The fraction of sp³-hybridized carbons (Fsp3) is 0.357. The van der Waals surface area contributed by atoms with Crippen molar-refractivity contribution in [2.45, 2.75) is 32.4 Å². The first-order chi connectivity index (χ1) is 8.88. The lowest BCUT2D eigenvalue weighted by atomic mass is 10.0. The highest BCUT2D eigenvalue weighted by molar-refractivity contribution is 5.88. The zero-order valence-corrected chi connectivity index (χ0v) is 10.5. The Morgan fingerprint density at radius 2 is 1.95 bits per heavy atom. The summed E-state index contributed by atoms with van der Waals surface area (Å²) in [6.07, 6.45) is -2.54. The highest BCUT2D eigenvalue weighted by atomic mass is 19.4. The zero-order chi connectivity index (χ0) is 14.0. The van der Waals surface area contributed by atoms with Crippen molar-refractivity contribution in [1.82, 2.24) is 5.32 Å². The van der Waals surface area contributed by atoms with Crippen LogP contribution in [0.3, 0.4) is 0 Å². The molecule has 0 aliphatic carbocycles. The minimum atomic E-state index is -4.38. The van der Waals surface area contributed by atoms with Crippen LogP contribution in [-0.4, -0.2) is 5.91 Å². The molecule has 5 heteroatoms. The Morgan fingerprint density at radius 3 is 2.63 bits per heavy atom. The van der Waals surface area contributed by atoms with Crippen molar-refractivity contribution in [1.29, 1.82) is 0 Å². The van der Waals surface area contributed by atoms with Gasteiger partial charge in [-0.15, -0.1) is 0 Å². The van der Waals surface area contributed by atoms with Crippen molar-refractivity contribution < 1.29 is 18.0 Å². The molecule has 1 amide bonds. The zero-order valence-electron chi connectivity index (χ0n) is 10.5. The molecule has 0 saturated carbocycles. The molecule has 1 aromatic rings. The topological polar surface area (TPSA) is 29.1 Å². The summed E-state index contributed by atoms with van der Waals surface area (Å²) in [5.41, 5.74) is 1.12. The molecule has 0 fully saturated rings. The Hall–Kier alpha value is -1.78. The molecule has 0 saturated heterocycles. The van der Waals surface area contributed by atoms with Crippen LogP contribution in [-0.2, 0) is 11.0 Å². The van der Waals surface area contributed by atoms with E-state index in [1.807, 2.05) is 6.92 Å². The number of carbonyl (C=O) groups is 1. The Bertz CT molecular complexity index is 532. The molecular formula is C14H14F3NO. The van der Waals surface area contributed by atoms with E-state index in [9.17, 15) is 18.0 Å². The van der Waals surface area contributed by atoms with E-state index >= 15 is 0 Å². The molecule has 2 nitrogen and oxygen atoms in total. The fourth-order valence-corrected chi connectivity index (χ4v) is 2.12. The minimum Gasteiger partial charge on any atom is -0.326 e. The van der Waals surface area contributed by atoms with Crippen molar-refractivity contribution in [3.63, 3.8) is 0 Å². The van der Waals surface area contributed by atoms with Gasteiger partial charge in [0.25, 0.3) is 0 Å². The van der Waals surface area contributed by atoms with Gasteiger partial charge in [-0.25, -0.2) is 0 Å². The molecule has 0 spiro atoms. The number of allylic oxidation sites excluding steroid dienone is 1. The second kappa shape index (κ2) is 5.07. The molecule has 1 heterocycles. The molecular weight excluding hydrogens is 255 g/mol. The predicted octanol–water partition coefficient (Wildman–Crippen LogP) is 3.74. The number of benzene rings is 1. The van der Waals surface area contributed by atoms with E-state index in [-0.39, 0.29) is 5.91 Å². The lowest BCUT2D eigenvalue weighted by Gasteiger charge is -2.13. The van der Waals surface area contributed by atoms with Crippen LogP contribution in [0.4, 0.5) is 13.2 Å². The van der Waals surface area contributed by atoms with Gasteiger partial charge >= 0.3 is 6.18 Å². The van der Waals surface area contributed by atoms with Crippen LogP contribution >= 0.6 is 0 Å². The first-order valence-corrected chi connectivity index (χ1v) is 6.05. The number of hydrogen-bond donors (Lipinski definition) is 1. The molecule has 19 heavy (non-hydrogen) atoms. The van der Waals surface area contributed by atoms with Gasteiger partial charge in [-0.2, -0.15) is 13.2 Å². The molecule has 0 aromatic heterocycles. The van der Waals surface area contributed by atoms with Crippen LogP contribution in [0.1, 0.15) is 37.3 Å². The lowest BCUT2D eigenvalue weighted by Crippen LogP contribution is -2.20. The molecule has 1 N–H and O–H groups in total. The SMILES string of the molecule is CC1=C(c2cccc(C(F)(F)F)c2)NC(=O)CCC1. The van der Waals surface area contributed by atoms with Gasteiger partial charge in [0.2, 0.25) is 5.91 Å². The summed E-state index contributed by atoms with van der Waals surface area (Å²) < 4.78 is 38.1.